The Morgan fingerprint density at radius 2 is 1.55 bits per heavy atom. The SMILES string of the molecule is O=C(Nc1ccc(SCC(=O)c2ccccc2Cl)cc1)/C(=C/c1cccc(Br)c1)NC(=O)c1ccccc1. The molecular weight excluding hydrogens is 584 g/mol. The number of hydrogen-bond donors (Lipinski definition) is 2. The summed E-state index contributed by atoms with van der Waals surface area (Å²) in [4.78, 5) is 39.3. The van der Waals surface area contributed by atoms with E-state index in [0.717, 1.165) is 14.9 Å². The topological polar surface area (TPSA) is 75.3 Å². The van der Waals surface area contributed by atoms with Crippen molar-refractivity contribution in [3.63, 3.8) is 0 Å². The van der Waals surface area contributed by atoms with E-state index in [1.807, 2.05) is 42.5 Å². The van der Waals surface area contributed by atoms with E-state index in [4.69, 9.17) is 11.6 Å². The molecule has 2 N–H and O–H groups in total. The van der Waals surface area contributed by atoms with Crippen LogP contribution in [0.25, 0.3) is 6.08 Å². The average molecular weight is 606 g/mol. The molecule has 0 saturated carbocycles. The van der Waals surface area contributed by atoms with Gasteiger partial charge in [-0.05, 0) is 72.3 Å². The third-order valence-corrected chi connectivity index (χ3v) is 7.18. The van der Waals surface area contributed by atoms with E-state index < -0.39 is 11.8 Å². The lowest BCUT2D eigenvalue weighted by Crippen LogP contribution is -2.30. The zero-order chi connectivity index (χ0) is 26.9. The molecule has 0 heterocycles. The van der Waals surface area contributed by atoms with Crippen LogP contribution in [-0.2, 0) is 4.79 Å². The van der Waals surface area contributed by atoms with E-state index in [0.29, 0.717) is 21.8 Å². The summed E-state index contributed by atoms with van der Waals surface area (Å²) < 4.78 is 0.849. The van der Waals surface area contributed by atoms with Crippen molar-refractivity contribution in [2.45, 2.75) is 4.90 Å². The Morgan fingerprint density at radius 3 is 2.26 bits per heavy atom. The van der Waals surface area contributed by atoms with Crippen molar-refractivity contribution in [3.8, 4) is 0 Å². The van der Waals surface area contributed by atoms with Crippen LogP contribution in [0.1, 0.15) is 26.3 Å². The first-order chi connectivity index (χ1) is 18.4. The second kappa shape index (κ2) is 13.2. The highest BCUT2D eigenvalue weighted by molar-refractivity contribution is 9.10. The highest BCUT2D eigenvalue weighted by Gasteiger charge is 2.16. The van der Waals surface area contributed by atoms with Gasteiger partial charge in [0.05, 0.1) is 10.8 Å². The van der Waals surface area contributed by atoms with Crippen LogP contribution < -0.4 is 10.6 Å². The van der Waals surface area contributed by atoms with Gasteiger partial charge in [0.2, 0.25) is 0 Å². The van der Waals surface area contributed by atoms with E-state index in [-0.39, 0.29) is 17.2 Å². The van der Waals surface area contributed by atoms with E-state index >= 15 is 0 Å². The molecular formula is C30H22BrClN2O3S. The van der Waals surface area contributed by atoms with Crippen molar-refractivity contribution in [2.75, 3.05) is 11.1 Å². The van der Waals surface area contributed by atoms with E-state index in [9.17, 15) is 14.4 Å². The second-order valence-corrected chi connectivity index (χ2v) is 10.5. The maximum atomic E-state index is 13.2. The third kappa shape index (κ3) is 7.68. The van der Waals surface area contributed by atoms with Crippen molar-refractivity contribution in [2.24, 2.45) is 0 Å². The first-order valence-corrected chi connectivity index (χ1v) is 13.7. The first-order valence-electron chi connectivity index (χ1n) is 11.5. The maximum absolute atomic E-state index is 13.2. The largest absolute Gasteiger partial charge is 0.321 e. The predicted molar refractivity (Wildman–Crippen MR) is 158 cm³/mol. The number of anilines is 1. The Balaban J connectivity index is 1.45. The lowest BCUT2D eigenvalue weighted by atomic mass is 10.1. The molecule has 0 aromatic heterocycles. The van der Waals surface area contributed by atoms with E-state index in [2.05, 4.69) is 26.6 Å². The molecule has 2 amide bonds. The minimum absolute atomic E-state index is 0.0607. The summed E-state index contributed by atoms with van der Waals surface area (Å²) in [7, 11) is 0. The molecule has 0 aliphatic heterocycles. The zero-order valence-electron chi connectivity index (χ0n) is 20.0. The van der Waals surface area contributed by atoms with Crippen molar-refractivity contribution in [3.05, 3.63) is 135 Å². The van der Waals surface area contributed by atoms with Crippen LogP contribution in [0.4, 0.5) is 5.69 Å². The number of amides is 2. The van der Waals surface area contributed by atoms with Crippen LogP contribution in [0, 0.1) is 0 Å². The van der Waals surface area contributed by atoms with Gasteiger partial charge in [0.25, 0.3) is 11.8 Å². The minimum Gasteiger partial charge on any atom is -0.321 e. The number of hydrogen-bond acceptors (Lipinski definition) is 4. The van der Waals surface area contributed by atoms with Gasteiger partial charge >= 0.3 is 0 Å². The summed E-state index contributed by atoms with van der Waals surface area (Å²) in [6.45, 7) is 0. The molecule has 4 rings (SSSR count). The Labute approximate surface area is 238 Å². The Bertz CT molecular complexity index is 1490. The summed E-state index contributed by atoms with van der Waals surface area (Å²) >= 11 is 10.9. The van der Waals surface area contributed by atoms with Gasteiger partial charge in [-0.2, -0.15) is 0 Å². The molecule has 4 aromatic rings. The molecule has 0 aliphatic carbocycles. The molecule has 4 aromatic carbocycles. The molecule has 0 fully saturated rings. The normalized spacial score (nSPS) is 11.1. The molecule has 8 heteroatoms. The molecule has 0 saturated heterocycles. The van der Waals surface area contributed by atoms with E-state index in [1.165, 1.54) is 11.8 Å². The molecule has 0 aliphatic rings. The van der Waals surface area contributed by atoms with Gasteiger partial charge in [0.1, 0.15) is 5.70 Å². The highest BCUT2D eigenvalue weighted by atomic mass is 79.9. The standard InChI is InChI=1S/C30H22BrClN2O3S/c31-22-10-6-7-20(17-22)18-27(34-29(36)21-8-2-1-3-9-21)30(37)33-23-13-15-24(16-14-23)38-19-28(35)25-11-4-5-12-26(25)32/h1-18H,19H2,(H,33,37)(H,34,36)/b27-18-. The summed E-state index contributed by atoms with van der Waals surface area (Å²) in [5.41, 5.74) is 2.32. The molecule has 0 atom stereocenters. The summed E-state index contributed by atoms with van der Waals surface area (Å²) in [5, 5.41) is 5.99. The number of Topliss-reactive ketones (excluding diaryl/α,β-unsaturated/α-hetero) is 1. The number of halogens is 2. The first kappa shape index (κ1) is 27.4. The molecule has 190 valence electrons. The average Bonchev–Trinajstić information content (AvgIpc) is 2.93. The fraction of sp³-hybridized carbons (Fsp3) is 0.0333. The van der Waals surface area contributed by atoms with Crippen LogP contribution >= 0.6 is 39.3 Å². The number of carbonyl (C=O) groups excluding carboxylic acids is 3. The summed E-state index contributed by atoms with van der Waals surface area (Å²) in [5.74, 6) is -0.685. The monoisotopic (exact) mass is 604 g/mol. The Kier molecular flexibility index (Phi) is 9.54. The van der Waals surface area contributed by atoms with Crippen LogP contribution in [0.15, 0.2) is 118 Å². The molecule has 0 bridgehead atoms. The van der Waals surface area contributed by atoms with Crippen molar-refractivity contribution in [1.29, 1.82) is 0 Å². The molecule has 0 spiro atoms. The quantitative estimate of drug-likeness (QED) is 0.118. The number of rotatable bonds is 9. The van der Waals surface area contributed by atoms with Crippen LogP contribution in [0.2, 0.25) is 5.02 Å². The van der Waals surface area contributed by atoms with E-state index in [1.54, 1.807) is 66.7 Å². The number of thioether (sulfide) groups is 1. The van der Waals surface area contributed by atoms with Crippen molar-refractivity contribution >= 4 is 68.7 Å². The van der Waals surface area contributed by atoms with Gasteiger partial charge in [-0.15, -0.1) is 11.8 Å². The fourth-order valence-corrected chi connectivity index (χ4v) is 4.89. The Hall–Kier alpha value is -3.65. The van der Waals surface area contributed by atoms with Crippen LogP contribution in [0.5, 0.6) is 0 Å². The smallest absolute Gasteiger partial charge is 0.272 e. The number of ketones is 1. The van der Waals surface area contributed by atoms with Gasteiger partial charge in [0, 0.05) is 26.2 Å². The third-order valence-electron chi connectivity index (χ3n) is 5.34. The molecule has 0 radical (unpaired) electrons. The summed E-state index contributed by atoms with van der Waals surface area (Å²) in [6.07, 6.45) is 1.62. The van der Waals surface area contributed by atoms with Gasteiger partial charge in [-0.25, -0.2) is 0 Å². The number of carbonyl (C=O) groups is 3. The maximum Gasteiger partial charge on any atom is 0.272 e. The van der Waals surface area contributed by atoms with Gasteiger partial charge in [-0.3, -0.25) is 14.4 Å². The predicted octanol–water partition coefficient (Wildman–Crippen LogP) is 7.49. The highest BCUT2D eigenvalue weighted by Crippen LogP contribution is 2.24. The Morgan fingerprint density at radius 1 is 0.842 bits per heavy atom. The molecule has 0 unspecified atom stereocenters. The molecule has 5 nitrogen and oxygen atoms in total. The van der Waals surface area contributed by atoms with Crippen LogP contribution in [-0.4, -0.2) is 23.4 Å². The summed E-state index contributed by atoms with van der Waals surface area (Å²) in [6, 6.07) is 30.2. The number of benzene rings is 4. The fourth-order valence-electron chi connectivity index (χ4n) is 3.45. The minimum atomic E-state index is -0.469. The number of nitrogens with one attached hydrogen (secondary N) is 2. The van der Waals surface area contributed by atoms with Gasteiger partial charge in [-0.1, -0.05) is 70.0 Å². The van der Waals surface area contributed by atoms with Crippen LogP contribution in [0.3, 0.4) is 0 Å². The van der Waals surface area contributed by atoms with Crippen molar-refractivity contribution in [1.82, 2.24) is 5.32 Å². The second-order valence-electron chi connectivity index (χ2n) is 8.10. The lowest BCUT2D eigenvalue weighted by molar-refractivity contribution is -0.113. The zero-order valence-corrected chi connectivity index (χ0v) is 23.1. The lowest BCUT2D eigenvalue weighted by Gasteiger charge is -2.12. The van der Waals surface area contributed by atoms with Gasteiger partial charge in [0.15, 0.2) is 5.78 Å². The molecule has 38 heavy (non-hydrogen) atoms. The van der Waals surface area contributed by atoms with Crippen molar-refractivity contribution < 1.29 is 14.4 Å². The van der Waals surface area contributed by atoms with Gasteiger partial charge < -0.3 is 10.6 Å².